The van der Waals surface area contributed by atoms with Gasteiger partial charge in [-0.2, -0.15) is 0 Å². The minimum absolute atomic E-state index is 0.0431. The number of nitrogens with two attached hydrogens (primary N) is 1. The minimum Gasteiger partial charge on any atom is -0.506 e. The van der Waals surface area contributed by atoms with Gasteiger partial charge in [0.25, 0.3) is 0 Å². The smallest absolute Gasteiger partial charge is 0.142 e. The number of aromatic hydroxyl groups is 2. The van der Waals surface area contributed by atoms with Gasteiger partial charge >= 0.3 is 0 Å². The third-order valence-corrected chi connectivity index (χ3v) is 1.73. The lowest BCUT2D eigenvalue weighted by Crippen LogP contribution is -1.89. The summed E-state index contributed by atoms with van der Waals surface area (Å²) in [6, 6.07) is 3.16. The van der Waals surface area contributed by atoms with Crippen LogP contribution >= 0.6 is 0 Å². The number of aryl methyl sites for hydroxylation is 1. The third-order valence-electron chi connectivity index (χ3n) is 1.73. The van der Waals surface area contributed by atoms with Crippen LogP contribution in [0, 0.1) is 0 Å². The Morgan fingerprint density at radius 3 is 2.17 bits per heavy atom. The lowest BCUT2D eigenvalue weighted by Gasteiger charge is -2.04. The Morgan fingerprint density at radius 1 is 1.25 bits per heavy atom. The SMILES string of the molecule is CCCc1cc(O)c(N)c(O)c1. The molecule has 3 heteroatoms. The highest BCUT2D eigenvalue weighted by atomic mass is 16.3. The molecule has 1 aromatic rings. The second kappa shape index (κ2) is 3.34. The third kappa shape index (κ3) is 1.61. The van der Waals surface area contributed by atoms with E-state index >= 15 is 0 Å². The molecule has 0 radical (unpaired) electrons. The molecule has 0 saturated carbocycles. The number of nitrogen functional groups attached to an aromatic ring is 1. The molecule has 1 rings (SSSR count). The summed E-state index contributed by atoms with van der Waals surface area (Å²) in [6.45, 7) is 2.03. The molecule has 0 aliphatic rings. The number of phenolic OH excluding ortho intramolecular Hbond substituents is 2. The maximum absolute atomic E-state index is 9.22. The number of hydrogen-bond donors (Lipinski definition) is 3. The van der Waals surface area contributed by atoms with Gasteiger partial charge in [0.15, 0.2) is 0 Å². The molecule has 0 atom stereocenters. The first-order valence-corrected chi connectivity index (χ1v) is 3.95. The monoisotopic (exact) mass is 167 g/mol. The Kier molecular flexibility index (Phi) is 2.43. The van der Waals surface area contributed by atoms with Crippen LogP contribution in [0.2, 0.25) is 0 Å². The molecule has 12 heavy (non-hydrogen) atoms. The van der Waals surface area contributed by atoms with Crippen molar-refractivity contribution >= 4 is 5.69 Å². The van der Waals surface area contributed by atoms with E-state index in [2.05, 4.69) is 0 Å². The van der Waals surface area contributed by atoms with E-state index in [1.165, 1.54) is 0 Å². The minimum atomic E-state index is -0.0431. The summed E-state index contributed by atoms with van der Waals surface area (Å²) in [6.07, 6.45) is 1.81. The van der Waals surface area contributed by atoms with Crippen molar-refractivity contribution < 1.29 is 10.2 Å². The Balaban J connectivity index is 3.04. The fourth-order valence-electron chi connectivity index (χ4n) is 1.11. The molecule has 0 fully saturated rings. The van der Waals surface area contributed by atoms with Crippen molar-refractivity contribution in [3.8, 4) is 11.5 Å². The summed E-state index contributed by atoms with van der Waals surface area (Å²) in [5.74, 6) is -0.0862. The zero-order valence-electron chi connectivity index (χ0n) is 7.04. The molecule has 0 heterocycles. The molecule has 0 saturated heterocycles. The van der Waals surface area contributed by atoms with Crippen LogP contribution in [-0.2, 0) is 6.42 Å². The molecule has 0 bridgehead atoms. The largest absolute Gasteiger partial charge is 0.506 e. The summed E-state index contributed by atoms with van der Waals surface area (Å²) in [7, 11) is 0. The van der Waals surface area contributed by atoms with E-state index in [-0.39, 0.29) is 17.2 Å². The molecule has 0 aliphatic carbocycles. The predicted octanol–water partition coefficient (Wildman–Crippen LogP) is 1.63. The molecule has 4 N–H and O–H groups in total. The lowest BCUT2D eigenvalue weighted by atomic mass is 10.1. The van der Waals surface area contributed by atoms with E-state index in [0.717, 1.165) is 18.4 Å². The molecule has 0 aromatic heterocycles. The quantitative estimate of drug-likeness (QED) is 0.463. The first kappa shape index (κ1) is 8.71. The van der Waals surface area contributed by atoms with E-state index in [9.17, 15) is 10.2 Å². The molecule has 3 nitrogen and oxygen atoms in total. The normalized spacial score (nSPS) is 10.1. The summed E-state index contributed by atoms with van der Waals surface area (Å²) in [5.41, 5.74) is 6.30. The van der Waals surface area contributed by atoms with Crippen molar-refractivity contribution in [1.29, 1.82) is 0 Å². The van der Waals surface area contributed by atoms with Crippen LogP contribution in [0.3, 0.4) is 0 Å². The van der Waals surface area contributed by atoms with Gasteiger partial charge in [-0.3, -0.25) is 0 Å². The zero-order chi connectivity index (χ0) is 9.14. The van der Waals surface area contributed by atoms with Gasteiger partial charge in [0.1, 0.15) is 17.2 Å². The molecule has 0 aliphatic heterocycles. The topological polar surface area (TPSA) is 66.5 Å². The second-order valence-corrected chi connectivity index (χ2v) is 2.80. The van der Waals surface area contributed by atoms with Crippen LogP contribution in [0.1, 0.15) is 18.9 Å². The van der Waals surface area contributed by atoms with Crippen LogP contribution < -0.4 is 5.73 Å². The van der Waals surface area contributed by atoms with Crippen molar-refractivity contribution in [2.45, 2.75) is 19.8 Å². The number of benzene rings is 1. The van der Waals surface area contributed by atoms with Crippen LogP contribution in [0.15, 0.2) is 12.1 Å². The van der Waals surface area contributed by atoms with Gasteiger partial charge in [-0.05, 0) is 24.1 Å². The Morgan fingerprint density at radius 2 is 1.75 bits per heavy atom. The van der Waals surface area contributed by atoms with Gasteiger partial charge in [0.2, 0.25) is 0 Å². The number of hydrogen-bond acceptors (Lipinski definition) is 3. The van der Waals surface area contributed by atoms with Gasteiger partial charge in [0.05, 0.1) is 0 Å². The van der Waals surface area contributed by atoms with E-state index in [0.29, 0.717) is 0 Å². The van der Waals surface area contributed by atoms with Crippen LogP contribution in [0.5, 0.6) is 11.5 Å². The summed E-state index contributed by atoms with van der Waals surface area (Å²) < 4.78 is 0. The first-order valence-electron chi connectivity index (χ1n) is 3.95. The van der Waals surface area contributed by atoms with Gasteiger partial charge in [0, 0.05) is 0 Å². The van der Waals surface area contributed by atoms with Gasteiger partial charge in [-0.1, -0.05) is 13.3 Å². The second-order valence-electron chi connectivity index (χ2n) is 2.80. The Bertz CT molecular complexity index is 261. The van der Waals surface area contributed by atoms with Crippen molar-refractivity contribution in [3.05, 3.63) is 17.7 Å². The molecule has 66 valence electrons. The average Bonchev–Trinajstić information content (AvgIpc) is 2.01. The lowest BCUT2D eigenvalue weighted by molar-refractivity contribution is 0.454. The average molecular weight is 167 g/mol. The zero-order valence-corrected chi connectivity index (χ0v) is 7.04. The van der Waals surface area contributed by atoms with Crippen molar-refractivity contribution in [1.82, 2.24) is 0 Å². The molecule has 1 aromatic carbocycles. The number of phenols is 2. The summed E-state index contributed by atoms with van der Waals surface area (Å²) >= 11 is 0. The van der Waals surface area contributed by atoms with E-state index < -0.39 is 0 Å². The van der Waals surface area contributed by atoms with Gasteiger partial charge in [-0.25, -0.2) is 0 Å². The van der Waals surface area contributed by atoms with Crippen LogP contribution in [0.25, 0.3) is 0 Å². The highest BCUT2D eigenvalue weighted by Gasteiger charge is 2.04. The summed E-state index contributed by atoms with van der Waals surface area (Å²) in [4.78, 5) is 0. The van der Waals surface area contributed by atoms with Crippen LogP contribution in [-0.4, -0.2) is 10.2 Å². The summed E-state index contributed by atoms with van der Waals surface area (Å²) in [5, 5.41) is 18.4. The molecular weight excluding hydrogens is 154 g/mol. The molecule has 0 unspecified atom stereocenters. The van der Waals surface area contributed by atoms with E-state index in [4.69, 9.17) is 5.73 Å². The first-order chi connectivity index (χ1) is 5.65. The van der Waals surface area contributed by atoms with E-state index in [1.54, 1.807) is 12.1 Å². The maximum atomic E-state index is 9.22. The van der Waals surface area contributed by atoms with Crippen molar-refractivity contribution in [2.24, 2.45) is 0 Å². The standard InChI is InChI=1S/C9H13NO2/c1-2-3-6-4-7(11)9(10)8(12)5-6/h4-5,11-12H,2-3,10H2,1H3. The Labute approximate surface area is 71.5 Å². The fourth-order valence-corrected chi connectivity index (χ4v) is 1.11. The van der Waals surface area contributed by atoms with E-state index in [1.807, 2.05) is 6.92 Å². The molecule has 0 spiro atoms. The van der Waals surface area contributed by atoms with Gasteiger partial charge < -0.3 is 15.9 Å². The van der Waals surface area contributed by atoms with Crippen molar-refractivity contribution in [2.75, 3.05) is 5.73 Å². The highest BCUT2D eigenvalue weighted by molar-refractivity contribution is 5.62. The number of anilines is 1. The Hall–Kier alpha value is -1.38. The number of rotatable bonds is 2. The highest BCUT2D eigenvalue weighted by Crippen LogP contribution is 2.31. The van der Waals surface area contributed by atoms with Crippen molar-refractivity contribution in [3.63, 3.8) is 0 Å². The molecule has 0 amide bonds. The maximum Gasteiger partial charge on any atom is 0.142 e. The fraction of sp³-hybridized carbons (Fsp3) is 0.333. The van der Waals surface area contributed by atoms with Gasteiger partial charge in [-0.15, -0.1) is 0 Å². The predicted molar refractivity (Wildman–Crippen MR) is 48.2 cm³/mol. The van der Waals surface area contributed by atoms with Crippen LogP contribution in [0.4, 0.5) is 5.69 Å². The molecular formula is C9H13NO2.